The third-order valence-corrected chi connectivity index (χ3v) is 5.42. The molecule has 0 saturated heterocycles. The zero-order valence-electron chi connectivity index (χ0n) is 14.7. The van der Waals surface area contributed by atoms with Crippen LogP contribution in [0.15, 0.2) is 53.9 Å². The smallest absolute Gasteiger partial charge is 0.173 e. The zero-order valence-corrected chi connectivity index (χ0v) is 16.3. The summed E-state index contributed by atoms with van der Waals surface area (Å²) in [5.74, 6) is 2.65. The average Bonchev–Trinajstić information content (AvgIpc) is 3.14. The van der Waals surface area contributed by atoms with Gasteiger partial charge < -0.3 is 14.8 Å². The molecule has 0 aliphatic carbocycles. The fourth-order valence-corrected chi connectivity index (χ4v) is 3.83. The van der Waals surface area contributed by atoms with E-state index >= 15 is 0 Å². The Bertz CT molecular complexity index is 1110. The van der Waals surface area contributed by atoms with Crippen molar-refractivity contribution in [3.8, 4) is 22.2 Å². The van der Waals surface area contributed by atoms with Crippen LogP contribution in [0.2, 0.25) is 5.02 Å². The van der Waals surface area contributed by atoms with Crippen LogP contribution in [-0.4, -0.2) is 24.2 Å². The van der Waals surface area contributed by atoms with Crippen molar-refractivity contribution in [1.29, 1.82) is 0 Å². The van der Waals surface area contributed by atoms with Gasteiger partial charge in [-0.1, -0.05) is 23.7 Å². The highest BCUT2D eigenvalue weighted by molar-refractivity contribution is 7.14. The minimum absolute atomic E-state index is 0.587. The predicted molar refractivity (Wildman–Crippen MR) is 111 cm³/mol. The Balaban J connectivity index is 1.85. The van der Waals surface area contributed by atoms with Gasteiger partial charge in [0.25, 0.3) is 0 Å². The van der Waals surface area contributed by atoms with Crippen LogP contribution in [0.5, 0.6) is 11.5 Å². The fourth-order valence-electron chi connectivity index (χ4n) is 2.76. The van der Waals surface area contributed by atoms with Crippen molar-refractivity contribution in [2.45, 2.75) is 0 Å². The van der Waals surface area contributed by atoms with Crippen molar-refractivity contribution >= 4 is 45.3 Å². The number of anilines is 2. The van der Waals surface area contributed by atoms with Crippen LogP contribution in [0, 0.1) is 0 Å². The molecule has 0 spiro atoms. The Hall–Kier alpha value is -2.83. The molecule has 1 N–H and O–H groups in total. The monoisotopic (exact) mass is 397 g/mol. The van der Waals surface area contributed by atoms with Crippen LogP contribution in [0.1, 0.15) is 0 Å². The Kier molecular flexibility index (Phi) is 4.83. The Morgan fingerprint density at radius 1 is 1.00 bits per heavy atom. The van der Waals surface area contributed by atoms with Crippen molar-refractivity contribution in [3.05, 3.63) is 58.9 Å². The molecule has 5 nitrogen and oxygen atoms in total. The lowest BCUT2D eigenvalue weighted by Crippen LogP contribution is -2.01. The number of fused-ring (bicyclic) bond motifs is 1. The number of halogens is 1. The van der Waals surface area contributed by atoms with Gasteiger partial charge in [-0.2, -0.15) is 0 Å². The molecular weight excluding hydrogens is 382 g/mol. The third-order valence-electron chi connectivity index (χ3n) is 4.09. The molecule has 2 aromatic heterocycles. The lowest BCUT2D eigenvalue weighted by molar-refractivity contribution is 0.395. The minimum Gasteiger partial charge on any atom is -0.497 e. The zero-order chi connectivity index (χ0) is 18.8. The second kappa shape index (κ2) is 7.42. The van der Waals surface area contributed by atoms with Gasteiger partial charge in [-0.05, 0) is 35.7 Å². The summed E-state index contributed by atoms with van der Waals surface area (Å²) >= 11 is 7.81. The third kappa shape index (κ3) is 3.41. The number of rotatable bonds is 5. The van der Waals surface area contributed by atoms with Gasteiger partial charge in [0.15, 0.2) is 5.82 Å². The molecule has 0 radical (unpaired) electrons. The van der Waals surface area contributed by atoms with Crippen molar-refractivity contribution < 1.29 is 9.47 Å². The van der Waals surface area contributed by atoms with Crippen LogP contribution in [0.25, 0.3) is 21.6 Å². The summed E-state index contributed by atoms with van der Waals surface area (Å²) in [4.78, 5) is 10.2. The van der Waals surface area contributed by atoms with Crippen molar-refractivity contribution in [3.63, 3.8) is 0 Å². The number of aromatic nitrogens is 2. The SMILES string of the molecule is COc1ccc(Nc2nc(-c3sccc3Cl)nc3ccccc23)c(OC)c1. The van der Waals surface area contributed by atoms with E-state index in [1.165, 1.54) is 11.3 Å². The van der Waals surface area contributed by atoms with Gasteiger partial charge in [0.2, 0.25) is 0 Å². The van der Waals surface area contributed by atoms with Gasteiger partial charge >= 0.3 is 0 Å². The van der Waals surface area contributed by atoms with Gasteiger partial charge in [-0.3, -0.25) is 0 Å². The first-order valence-electron chi connectivity index (χ1n) is 8.19. The second-order valence-corrected chi connectivity index (χ2v) is 7.03. The molecule has 0 aliphatic rings. The highest BCUT2D eigenvalue weighted by Crippen LogP contribution is 2.36. The summed E-state index contributed by atoms with van der Waals surface area (Å²) in [5.41, 5.74) is 1.62. The van der Waals surface area contributed by atoms with E-state index in [4.69, 9.17) is 26.1 Å². The number of benzene rings is 2. The van der Waals surface area contributed by atoms with Gasteiger partial charge in [-0.15, -0.1) is 11.3 Å². The fraction of sp³-hybridized carbons (Fsp3) is 0.100. The van der Waals surface area contributed by atoms with Gasteiger partial charge in [0, 0.05) is 11.5 Å². The summed E-state index contributed by atoms with van der Waals surface area (Å²) in [5, 5.41) is 6.85. The topological polar surface area (TPSA) is 56.3 Å². The molecule has 2 heterocycles. The first-order valence-corrected chi connectivity index (χ1v) is 9.44. The highest BCUT2D eigenvalue weighted by Gasteiger charge is 2.14. The molecule has 0 amide bonds. The number of nitrogens with zero attached hydrogens (tertiary/aromatic N) is 2. The molecule has 0 aliphatic heterocycles. The summed E-state index contributed by atoms with van der Waals surface area (Å²) < 4.78 is 10.8. The van der Waals surface area contributed by atoms with E-state index in [0.717, 1.165) is 27.2 Å². The first-order chi connectivity index (χ1) is 13.2. The molecule has 0 unspecified atom stereocenters. The Morgan fingerprint density at radius 3 is 2.59 bits per heavy atom. The highest BCUT2D eigenvalue weighted by atomic mass is 35.5. The summed E-state index contributed by atoms with van der Waals surface area (Å²) in [6.45, 7) is 0. The summed E-state index contributed by atoms with van der Waals surface area (Å²) in [7, 11) is 3.24. The largest absolute Gasteiger partial charge is 0.497 e. The normalized spacial score (nSPS) is 10.8. The molecule has 136 valence electrons. The maximum absolute atomic E-state index is 6.30. The molecule has 27 heavy (non-hydrogen) atoms. The molecule has 2 aromatic carbocycles. The molecule has 7 heteroatoms. The van der Waals surface area contributed by atoms with Crippen molar-refractivity contribution in [1.82, 2.24) is 9.97 Å². The van der Waals surface area contributed by atoms with Crippen molar-refractivity contribution in [2.75, 3.05) is 19.5 Å². The number of hydrogen-bond donors (Lipinski definition) is 1. The number of ether oxygens (including phenoxy) is 2. The molecule has 4 rings (SSSR count). The predicted octanol–water partition coefficient (Wildman–Crippen LogP) is 5.77. The first kappa shape index (κ1) is 17.6. The maximum atomic E-state index is 6.30. The number of para-hydroxylation sites is 1. The van der Waals surface area contributed by atoms with E-state index in [1.807, 2.05) is 53.9 Å². The number of nitrogens with one attached hydrogen (secondary N) is 1. The van der Waals surface area contributed by atoms with Crippen LogP contribution in [-0.2, 0) is 0 Å². The summed E-state index contributed by atoms with van der Waals surface area (Å²) in [6, 6.07) is 15.3. The van der Waals surface area contributed by atoms with Gasteiger partial charge in [-0.25, -0.2) is 9.97 Å². The van der Waals surface area contributed by atoms with E-state index in [0.29, 0.717) is 22.4 Å². The average molecular weight is 398 g/mol. The van der Waals surface area contributed by atoms with Gasteiger partial charge in [0.1, 0.15) is 17.3 Å². The number of methoxy groups -OCH3 is 2. The molecule has 0 bridgehead atoms. The van der Waals surface area contributed by atoms with Crippen LogP contribution < -0.4 is 14.8 Å². The molecule has 0 saturated carbocycles. The Morgan fingerprint density at radius 2 is 1.85 bits per heavy atom. The number of hydrogen-bond acceptors (Lipinski definition) is 6. The molecule has 0 fully saturated rings. The van der Waals surface area contributed by atoms with E-state index in [9.17, 15) is 0 Å². The second-order valence-electron chi connectivity index (χ2n) is 5.70. The van der Waals surface area contributed by atoms with E-state index in [2.05, 4.69) is 10.3 Å². The van der Waals surface area contributed by atoms with Crippen LogP contribution in [0.3, 0.4) is 0 Å². The molecule has 0 atom stereocenters. The van der Waals surface area contributed by atoms with E-state index in [1.54, 1.807) is 14.2 Å². The summed E-state index contributed by atoms with van der Waals surface area (Å²) in [6.07, 6.45) is 0. The lowest BCUT2D eigenvalue weighted by Gasteiger charge is -2.14. The molecular formula is C20H16ClN3O2S. The lowest BCUT2D eigenvalue weighted by atomic mass is 10.2. The van der Waals surface area contributed by atoms with Crippen molar-refractivity contribution in [2.24, 2.45) is 0 Å². The Labute approximate surface area is 165 Å². The maximum Gasteiger partial charge on any atom is 0.173 e. The standard InChI is InChI=1S/C20H16ClN3O2S/c1-25-12-7-8-16(17(11-12)26-2)23-19-13-5-3-4-6-15(13)22-20(24-19)18-14(21)9-10-27-18/h3-11H,1-2H3,(H,22,23,24). The van der Waals surface area contributed by atoms with Crippen LogP contribution in [0.4, 0.5) is 11.5 Å². The quantitative estimate of drug-likeness (QED) is 0.463. The van der Waals surface area contributed by atoms with Gasteiger partial charge in [0.05, 0.1) is 35.3 Å². The number of thiophene rings is 1. The van der Waals surface area contributed by atoms with E-state index < -0.39 is 0 Å². The van der Waals surface area contributed by atoms with Crippen LogP contribution >= 0.6 is 22.9 Å². The minimum atomic E-state index is 0.587. The van der Waals surface area contributed by atoms with E-state index in [-0.39, 0.29) is 0 Å². The molecule has 4 aromatic rings.